The Morgan fingerprint density at radius 1 is 1.19 bits per heavy atom. The van der Waals surface area contributed by atoms with E-state index < -0.39 is 0 Å². The molecule has 6 heteroatoms. The normalized spacial score (nSPS) is 15.3. The lowest BCUT2D eigenvalue weighted by Gasteiger charge is -2.33. The Bertz CT molecular complexity index is 552. The molecule has 112 valence electrons. The van der Waals surface area contributed by atoms with Crippen molar-refractivity contribution in [2.45, 2.75) is 6.92 Å². The Balaban J connectivity index is 1.81. The van der Waals surface area contributed by atoms with Crippen molar-refractivity contribution in [3.05, 3.63) is 41.1 Å². The molecule has 0 saturated carbocycles. The molecule has 0 spiro atoms. The quantitative estimate of drug-likeness (QED) is 0.910. The predicted molar refractivity (Wildman–Crippen MR) is 82.8 cm³/mol. The van der Waals surface area contributed by atoms with E-state index in [1.54, 1.807) is 35.1 Å². The van der Waals surface area contributed by atoms with Crippen molar-refractivity contribution < 1.29 is 9.59 Å². The minimum atomic E-state index is -0.156. The van der Waals surface area contributed by atoms with Crippen LogP contribution in [0.25, 0.3) is 6.08 Å². The first-order valence-electron chi connectivity index (χ1n) is 6.79. The second-order valence-corrected chi connectivity index (χ2v) is 5.27. The molecular weight excluding hydrogens is 290 g/mol. The number of rotatable bonds is 2. The van der Waals surface area contributed by atoms with Crippen molar-refractivity contribution in [2.75, 3.05) is 26.2 Å². The van der Waals surface area contributed by atoms with E-state index in [1.807, 2.05) is 18.2 Å². The van der Waals surface area contributed by atoms with E-state index in [9.17, 15) is 9.59 Å². The number of piperazine rings is 1. The summed E-state index contributed by atoms with van der Waals surface area (Å²) in [4.78, 5) is 26.6. The summed E-state index contributed by atoms with van der Waals surface area (Å²) in [7, 11) is 0. The summed E-state index contributed by atoms with van der Waals surface area (Å²) in [6.07, 6.45) is 3.39. The van der Waals surface area contributed by atoms with Gasteiger partial charge in [-0.05, 0) is 23.8 Å². The summed E-state index contributed by atoms with van der Waals surface area (Å²) in [5.41, 5.74) is 0.921. The standard InChI is InChI=1S/C15H18ClN3O2/c1-12(20)18-7-9-19(10-8-18)15(21)17-6-5-13-3-2-4-14(16)11-13/h2-6,11H,7-10H2,1H3,(H,17,21)/b6-5+. The monoisotopic (exact) mass is 307 g/mol. The summed E-state index contributed by atoms with van der Waals surface area (Å²) in [5.74, 6) is 0.0518. The fourth-order valence-electron chi connectivity index (χ4n) is 2.14. The fraction of sp³-hybridized carbons (Fsp3) is 0.333. The predicted octanol–water partition coefficient (Wildman–Crippen LogP) is 2.18. The number of benzene rings is 1. The van der Waals surface area contributed by atoms with E-state index in [0.29, 0.717) is 31.2 Å². The van der Waals surface area contributed by atoms with E-state index in [0.717, 1.165) is 5.56 Å². The molecule has 1 aliphatic heterocycles. The van der Waals surface area contributed by atoms with Gasteiger partial charge in [0.15, 0.2) is 0 Å². The van der Waals surface area contributed by atoms with Gasteiger partial charge in [0.1, 0.15) is 0 Å². The van der Waals surface area contributed by atoms with Gasteiger partial charge in [0, 0.05) is 44.3 Å². The summed E-state index contributed by atoms with van der Waals surface area (Å²) in [5, 5.41) is 3.38. The molecule has 0 aliphatic carbocycles. The zero-order valence-corrected chi connectivity index (χ0v) is 12.6. The summed E-state index contributed by atoms with van der Waals surface area (Å²) in [6.45, 7) is 3.82. The molecule has 0 aromatic heterocycles. The average molecular weight is 308 g/mol. The number of halogens is 1. The van der Waals surface area contributed by atoms with Crippen LogP contribution in [0, 0.1) is 0 Å². The first-order valence-corrected chi connectivity index (χ1v) is 7.17. The summed E-state index contributed by atoms with van der Waals surface area (Å²) >= 11 is 5.89. The highest BCUT2D eigenvalue weighted by Gasteiger charge is 2.21. The number of nitrogens with one attached hydrogen (secondary N) is 1. The van der Waals surface area contributed by atoms with Crippen LogP contribution in [-0.4, -0.2) is 47.9 Å². The van der Waals surface area contributed by atoms with Crippen LogP contribution in [0.2, 0.25) is 5.02 Å². The van der Waals surface area contributed by atoms with Crippen LogP contribution in [0.5, 0.6) is 0 Å². The molecule has 1 aliphatic rings. The molecule has 5 nitrogen and oxygen atoms in total. The Morgan fingerprint density at radius 3 is 2.48 bits per heavy atom. The first-order chi connectivity index (χ1) is 10.1. The minimum absolute atomic E-state index is 0.0518. The van der Waals surface area contributed by atoms with Crippen molar-refractivity contribution in [1.82, 2.24) is 15.1 Å². The highest BCUT2D eigenvalue weighted by molar-refractivity contribution is 6.30. The van der Waals surface area contributed by atoms with Crippen molar-refractivity contribution in [3.63, 3.8) is 0 Å². The van der Waals surface area contributed by atoms with Gasteiger partial charge in [-0.15, -0.1) is 0 Å². The van der Waals surface area contributed by atoms with Crippen molar-refractivity contribution >= 4 is 29.6 Å². The molecule has 1 fully saturated rings. The number of carbonyl (C=O) groups is 2. The van der Waals surface area contributed by atoms with Gasteiger partial charge >= 0.3 is 6.03 Å². The topological polar surface area (TPSA) is 52.7 Å². The maximum atomic E-state index is 12.0. The fourth-order valence-corrected chi connectivity index (χ4v) is 2.33. The highest BCUT2D eigenvalue weighted by Crippen LogP contribution is 2.11. The largest absolute Gasteiger partial charge is 0.339 e. The maximum absolute atomic E-state index is 12.0. The molecular formula is C15H18ClN3O2. The first kappa shape index (κ1) is 15.4. The lowest BCUT2D eigenvalue weighted by molar-refractivity contribution is -0.130. The molecule has 1 N–H and O–H groups in total. The second-order valence-electron chi connectivity index (χ2n) is 4.83. The van der Waals surface area contributed by atoms with Gasteiger partial charge in [-0.3, -0.25) is 4.79 Å². The van der Waals surface area contributed by atoms with E-state index in [4.69, 9.17) is 11.6 Å². The number of amides is 3. The number of nitrogens with zero attached hydrogens (tertiary/aromatic N) is 2. The second kappa shape index (κ2) is 7.13. The molecule has 1 aromatic carbocycles. The van der Waals surface area contributed by atoms with Crippen LogP contribution in [0.3, 0.4) is 0 Å². The molecule has 1 heterocycles. The summed E-state index contributed by atoms with van der Waals surface area (Å²) in [6, 6.07) is 7.21. The van der Waals surface area contributed by atoms with Crippen LogP contribution < -0.4 is 5.32 Å². The van der Waals surface area contributed by atoms with Gasteiger partial charge in [-0.2, -0.15) is 0 Å². The molecule has 0 radical (unpaired) electrons. The third-order valence-electron chi connectivity index (χ3n) is 3.34. The van der Waals surface area contributed by atoms with Crippen LogP contribution in [-0.2, 0) is 4.79 Å². The number of hydrogen-bond donors (Lipinski definition) is 1. The van der Waals surface area contributed by atoms with E-state index >= 15 is 0 Å². The van der Waals surface area contributed by atoms with Crippen LogP contribution >= 0.6 is 11.6 Å². The molecule has 1 aromatic rings. The summed E-state index contributed by atoms with van der Waals surface area (Å²) < 4.78 is 0. The molecule has 1 saturated heterocycles. The van der Waals surface area contributed by atoms with Gasteiger partial charge in [-0.1, -0.05) is 23.7 Å². The van der Waals surface area contributed by atoms with E-state index in [2.05, 4.69) is 5.32 Å². The molecule has 0 bridgehead atoms. The van der Waals surface area contributed by atoms with E-state index in [1.165, 1.54) is 0 Å². The zero-order chi connectivity index (χ0) is 15.2. The highest BCUT2D eigenvalue weighted by atomic mass is 35.5. The van der Waals surface area contributed by atoms with Gasteiger partial charge < -0.3 is 15.1 Å². The number of carbonyl (C=O) groups excluding carboxylic acids is 2. The zero-order valence-electron chi connectivity index (χ0n) is 11.9. The Hall–Kier alpha value is -2.01. The molecule has 21 heavy (non-hydrogen) atoms. The molecule has 0 unspecified atom stereocenters. The molecule has 0 atom stereocenters. The Morgan fingerprint density at radius 2 is 1.86 bits per heavy atom. The SMILES string of the molecule is CC(=O)N1CCN(C(=O)N/C=C/c2cccc(Cl)c2)CC1. The van der Waals surface area contributed by atoms with Crippen molar-refractivity contribution in [3.8, 4) is 0 Å². The third-order valence-corrected chi connectivity index (χ3v) is 3.58. The van der Waals surface area contributed by atoms with Crippen LogP contribution in [0.1, 0.15) is 12.5 Å². The molecule has 3 amide bonds. The van der Waals surface area contributed by atoms with E-state index in [-0.39, 0.29) is 11.9 Å². The minimum Gasteiger partial charge on any atom is -0.339 e. The maximum Gasteiger partial charge on any atom is 0.321 e. The van der Waals surface area contributed by atoms with Crippen molar-refractivity contribution in [1.29, 1.82) is 0 Å². The Kier molecular flexibility index (Phi) is 5.22. The Labute approximate surface area is 129 Å². The number of urea groups is 1. The average Bonchev–Trinajstić information content (AvgIpc) is 2.47. The lowest BCUT2D eigenvalue weighted by Crippen LogP contribution is -2.52. The third kappa shape index (κ3) is 4.49. The van der Waals surface area contributed by atoms with Gasteiger partial charge in [-0.25, -0.2) is 4.79 Å². The number of hydrogen-bond acceptors (Lipinski definition) is 2. The lowest BCUT2D eigenvalue weighted by atomic mass is 10.2. The smallest absolute Gasteiger partial charge is 0.321 e. The van der Waals surface area contributed by atoms with Gasteiger partial charge in [0.05, 0.1) is 0 Å². The van der Waals surface area contributed by atoms with Crippen molar-refractivity contribution in [2.24, 2.45) is 0 Å². The molecule has 2 rings (SSSR count). The van der Waals surface area contributed by atoms with Crippen LogP contribution in [0.15, 0.2) is 30.5 Å². The van der Waals surface area contributed by atoms with Gasteiger partial charge in [0.25, 0.3) is 0 Å². The van der Waals surface area contributed by atoms with Crippen LogP contribution in [0.4, 0.5) is 4.79 Å². The van der Waals surface area contributed by atoms with Gasteiger partial charge in [0.2, 0.25) is 5.91 Å².